The molecule has 3 nitrogen and oxygen atoms in total. The third-order valence-electron chi connectivity index (χ3n) is 2.26. The van der Waals surface area contributed by atoms with Crippen LogP contribution in [0.1, 0.15) is 0 Å². The Morgan fingerprint density at radius 3 is 2.79 bits per heavy atom. The van der Waals surface area contributed by atoms with Gasteiger partial charge in [0.05, 0.1) is 13.2 Å². The number of anilines is 1. The summed E-state index contributed by atoms with van der Waals surface area (Å²) in [5, 5.41) is 6.35. The summed E-state index contributed by atoms with van der Waals surface area (Å²) < 4.78 is 18.0. The van der Waals surface area contributed by atoms with Crippen LogP contribution in [-0.4, -0.2) is 26.2 Å². The maximum Gasteiger partial charge on any atom is 0.128 e. The monoisotopic (exact) mass is 196 g/mol. The minimum Gasteiger partial charge on any atom is -0.497 e. The van der Waals surface area contributed by atoms with Crippen LogP contribution < -0.4 is 15.4 Å². The van der Waals surface area contributed by atoms with Crippen LogP contribution >= 0.6 is 0 Å². The van der Waals surface area contributed by atoms with Crippen molar-refractivity contribution in [3.63, 3.8) is 0 Å². The normalized spacial score (nSPS) is 16.1. The molecule has 1 heterocycles. The van der Waals surface area contributed by atoms with Crippen LogP contribution in [0.15, 0.2) is 18.2 Å². The summed E-state index contributed by atoms with van der Waals surface area (Å²) in [5.41, 5.74) is 0.772. The van der Waals surface area contributed by atoms with E-state index in [1.165, 1.54) is 19.2 Å². The van der Waals surface area contributed by atoms with E-state index in [9.17, 15) is 4.39 Å². The van der Waals surface area contributed by atoms with Crippen molar-refractivity contribution in [2.24, 2.45) is 0 Å². The zero-order valence-corrected chi connectivity index (χ0v) is 8.01. The zero-order chi connectivity index (χ0) is 9.97. The Balaban J connectivity index is 2.11. The van der Waals surface area contributed by atoms with Crippen molar-refractivity contribution in [2.45, 2.75) is 6.04 Å². The topological polar surface area (TPSA) is 33.3 Å². The Morgan fingerprint density at radius 2 is 2.21 bits per heavy atom. The second-order valence-electron chi connectivity index (χ2n) is 3.38. The number of methoxy groups -OCH3 is 1. The van der Waals surface area contributed by atoms with E-state index in [1.807, 2.05) is 0 Å². The van der Waals surface area contributed by atoms with Crippen molar-refractivity contribution < 1.29 is 9.13 Å². The van der Waals surface area contributed by atoms with Gasteiger partial charge in [0.15, 0.2) is 0 Å². The fourth-order valence-electron chi connectivity index (χ4n) is 1.39. The Kier molecular flexibility index (Phi) is 2.54. The van der Waals surface area contributed by atoms with Gasteiger partial charge in [-0.25, -0.2) is 4.39 Å². The van der Waals surface area contributed by atoms with E-state index in [0.29, 0.717) is 11.8 Å². The van der Waals surface area contributed by atoms with E-state index in [4.69, 9.17) is 4.74 Å². The lowest BCUT2D eigenvalue weighted by Crippen LogP contribution is -2.51. The highest BCUT2D eigenvalue weighted by atomic mass is 19.1. The first-order valence-corrected chi connectivity index (χ1v) is 4.60. The molecule has 1 aliphatic rings. The summed E-state index contributed by atoms with van der Waals surface area (Å²) in [7, 11) is 1.53. The summed E-state index contributed by atoms with van der Waals surface area (Å²) in [5.74, 6) is 0.263. The van der Waals surface area contributed by atoms with Gasteiger partial charge in [0.25, 0.3) is 0 Å². The van der Waals surface area contributed by atoms with E-state index in [-0.39, 0.29) is 5.82 Å². The van der Waals surface area contributed by atoms with Gasteiger partial charge in [0, 0.05) is 30.9 Å². The van der Waals surface area contributed by atoms with Crippen molar-refractivity contribution in [2.75, 3.05) is 25.5 Å². The minimum atomic E-state index is -0.279. The summed E-state index contributed by atoms with van der Waals surface area (Å²) in [6.07, 6.45) is 0. The maximum atomic E-state index is 13.1. The number of rotatable bonds is 3. The number of halogens is 1. The van der Waals surface area contributed by atoms with Crippen LogP contribution in [0.3, 0.4) is 0 Å². The number of hydrogen-bond donors (Lipinski definition) is 2. The van der Waals surface area contributed by atoms with Crippen molar-refractivity contribution in [3.8, 4) is 5.75 Å². The van der Waals surface area contributed by atoms with Gasteiger partial charge in [-0.1, -0.05) is 0 Å². The summed E-state index contributed by atoms with van der Waals surface area (Å²) in [4.78, 5) is 0. The molecule has 0 radical (unpaired) electrons. The highest BCUT2D eigenvalue weighted by Gasteiger charge is 2.16. The van der Waals surface area contributed by atoms with Gasteiger partial charge in [0.1, 0.15) is 11.6 Å². The first-order chi connectivity index (χ1) is 6.78. The van der Waals surface area contributed by atoms with Gasteiger partial charge in [-0.3, -0.25) is 0 Å². The molecule has 1 fully saturated rings. The number of ether oxygens (including phenoxy) is 1. The zero-order valence-electron chi connectivity index (χ0n) is 8.01. The van der Waals surface area contributed by atoms with Gasteiger partial charge in [-0.15, -0.1) is 0 Å². The molecule has 2 N–H and O–H groups in total. The fourth-order valence-corrected chi connectivity index (χ4v) is 1.39. The van der Waals surface area contributed by atoms with E-state index in [1.54, 1.807) is 6.07 Å². The van der Waals surface area contributed by atoms with Crippen LogP contribution in [0.25, 0.3) is 0 Å². The van der Waals surface area contributed by atoms with Crippen molar-refractivity contribution >= 4 is 5.69 Å². The van der Waals surface area contributed by atoms with Crippen LogP contribution in [0, 0.1) is 5.82 Å². The second kappa shape index (κ2) is 3.84. The molecule has 1 saturated heterocycles. The predicted molar refractivity (Wildman–Crippen MR) is 53.2 cm³/mol. The minimum absolute atomic E-state index is 0.279. The van der Waals surface area contributed by atoms with Gasteiger partial charge in [0.2, 0.25) is 0 Å². The molecule has 1 aromatic carbocycles. The molecular weight excluding hydrogens is 183 g/mol. The van der Waals surface area contributed by atoms with Crippen molar-refractivity contribution in [1.29, 1.82) is 0 Å². The molecule has 0 spiro atoms. The number of nitrogens with one attached hydrogen (secondary N) is 2. The van der Waals surface area contributed by atoms with Gasteiger partial charge < -0.3 is 15.4 Å². The summed E-state index contributed by atoms with van der Waals surface area (Å²) in [6.45, 7) is 1.86. The molecule has 1 aliphatic heterocycles. The Bertz CT molecular complexity index is 326. The molecule has 14 heavy (non-hydrogen) atoms. The molecule has 0 bridgehead atoms. The fraction of sp³-hybridized carbons (Fsp3) is 0.400. The van der Waals surface area contributed by atoms with Gasteiger partial charge in [-0.05, 0) is 6.07 Å². The molecule has 0 saturated carbocycles. The Hall–Kier alpha value is -1.29. The third-order valence-corrected chi connectivity index (χ3v) is 2.26. The number of benzene rings is 1. The standard InChI is InChI=1S/C10H13FN2O/c1-14-10-3-7(11)2-8(4-10)13-9-5-12-6-9/h2-4,9,12-13H,5-6H2,1H3. The van der Waals surface area contributed by atoms with Crippen molar-refractivity contribution in [1.82, 2.24) is 5.32 Å². The third kappa shape index (κ3) is 1.96. The SMILES string of the molecule is COc1cc(F)cc(NC2CNC2)c1. The number of hydrogen-bond acceptors (Lipinski definition) is 3. The second-order valence-corrected chi connectivity index (χ2v) is 3.38. The lowest BCUT2D eigenvalue weighted by Gasteiger charge is -2.29. The Morgan fingerprint density at radius 1 is 1.43 bits per heavy atom. The molecule has 2 rings (SSSR count). The highest BCUT2D eigenvalue weighted by molar-refractivity contribution is 5.49. The maximum absolute atomic E-state index is 13.1. The highest BCUT2D eigenvalue weighted by Crippen LogP contribution is 2.20. The van der Waals surface area contributed by atoms with Crippen LogP contribution in [-0.2, 0) is 0 Å². The first kappa shape index (κ1) is 9.27. The van der Waals surface area contributed by atoms with E-state index in [2.05, 4.69) is 10.6 Å². The molecule has 0 unspecified atom stereocenters. The lowest BCUT2D eigenvalue weighted by molar-refractivity contribution is 0.411. The molecule has 0 aliphatic carbocycles. The van der Waals surface area contributed by atoms with Crippen LogP contribution in [0.4, 0.5) is 10.1 Å². The van der Waals surface area contributed by atoms with Crippen LogP contribution in [0.2, 0.25) is 0 Å². The molecule has 0 amide bonds. The lowest BCUT2D eigenvalue weighted by atomic mass is 10.1. The van der Waals surface area contributed by atoms with Crippen molar-refractivity contribution in [3.05, 3.63) is 24.0 Å². The first-order valence-electron chi connectivity index (χ1n) is 4.60. The molecule has 0 aromatic heterocycles. The summed E-state index contributed by atoms with van der Waals surface area (Å²) >= 11 is 0. The average Bonchev–Trinajstić information content (AvgIpc) is 2.10. The predicted octanol–water partition coefficient (Wildman–Crippen LogP) is 1.22. The molecule has 76 valence electrons. The largest absolute Gasteiger partial charge is 0.497 e. The molecule has 0 atom stereocenters. The van der Waals surface area contributed by atoms with E-state index >= 15 is 0 Å². The van der Waals surface area contributed by atoms with E-state index in [0.717, 1.165) is 18.8 Å². The quantitative estimate of drug-likeness (QED) is 0.762. The Labute approximate surface area is 82.3 Å². The summed E-state index contributed by atoms with van der Waals surface area (Å²) in [6, 6.07) is 5.04. The molecular formula is C10H13FN2O. The van der Waals surface area contributed by atoms with Crippen LogP contribution in [0.5, 0.6) is 5.75 Å². The van der Waals surface area contributed by atoms with E-state index < -0.39 is 0 Å². The molecule has 1 aromatic rings. The van der Waals surface area contributed by atoms with Gasteiger partial charge in [-0.2, -0.15) is 0 Å². The molecule has 4 heteroatoms. The smallest absolute Gasteiger partial charge is 0.128 e. The van der Waals surface area contributed by atoms with Gasteiger partial charge >= 0.3 is 0 Å². The average molecular weight is 196 g/mol.